The normalized spacial score (nSPS) is 9.21. The maximum atomic E-state index is 4.14. The third-order valence-electron chi connectivity index (χ3n) is 1.66. The van der Waals surface area contributed by atoms with Gasteiger partial charge in [-0.25, -0.2) is 4.98 Å². The summed E-state index contributed by atoms with van der Waals surface area (Å²) in [7, 11) is 0. The number of benzene rings is 1. The van der Waals surface area contributed by atoms with Crippen LogP contribution in [-0.4, -0.2) is 9.97 Å². The van der Waals surface area contributed by atoms with Crippen LogP contribution in [0.25, 0.3) is 11.4 Å². The average Bonchev–Trinajstić information content (AvgIpc) is 2.20. The number of aromatic amines is 1. The molecule has 1 aromatic carbocycles. The van der Waals surface area contributed by atoms with E-state index in [0.717, 1.165) is 11.4 Å². The zero-order chi connectivity index (χ0) is 9.10. The summed E-state index contributed by atoms with van der Waals surface area (Å²) in [5.74, 6) is 0.847. The van der Waals surface area contributed by atoms with E-state index in [4.69, 9.17) is 0 Å². The van der Waals surface area contributed by atoms with Gasteiger partial charge in [-0.15, -0.1) is 0 Å². The van der Waals surface area contributed by atoms with Crippen LogP contribution in [0.15, 0.2) is 36.9 Å². The molecule has 0 unspecified atom stereocenters. The number of nitrogens with zero attached hydrogens (tertiary/aromatic N) is 2. The molecule has 0 amide bonds. The second-order valence-corrected chi connectivity index (χ2v) is 3.66. The van der Waals surface area contributed by atoms with E-state index in [9.17, 15) is 0 Å². The Morgan fingerprint density at radius 2 is 2.00 bits per heavy atom. The lowest BCUT2D eigenvalue weighted by Gasteiger charge is -1.96. The van der Waals surface area contributed by atoms with Crippen LogP contribution in [0.4, 0.5) is 0 Å². The Hall–Kier alpha value is -0.310. The van der Waals surface area contributed by atoms with E-state index in [2.05, 4.69) is 37.5 Å². The van der Waals surface area contributed by atoms with Gasteiger partial charge in [0.05, 0.1) is 5.56 Å². The quantitative estimate of drug-likeness (QED) is 0.541. The Balaban J connectivity index is 0.000000980. The van der Waals surface area contributed by atoms with Crippen LogP contribution in [-0.2, 0) is 0 Å². The summed E-state index contributed by atoms with van der Waals surface area (Å²) in [6.45, 7) is 0. The van der Waals surface area contributed by atoms with Gasteiger partial charge in [-0.1, -0.05) is 22.1 Å². The highest BCUT2D eigenvalue weighted by molar-refractivity contribution is 14.1. The van der Waals surface area contributed by atoms with Crippen LogP contribution in [0.5, 0.6) is 0 Å². The maximum Gasteiger partial charge on any atom is 0.271 e. The van der Waals surface area contributed by atoms with E-state index < -0.39 is 0 Å². The Labute approximate surface area is 113 Å². The number of hydrogen-bond donors (Lipinski definition) is 0. The molecule has 0 radical (unpaired) electrons. The molecule has 0 atom stereocenters. The van der Waals surface area contributed by atoms with Crippen LogP contribution in [0.1, 0.15) is 0 Å². The Kier molecular flexibility index (Phi) is 4.66. The van der Waals surface area contributed by atoms with Crippen LogP contribution >= 0.6 is 22.6 Å². The zero-order valence-corrected chi connectivity index (χ0v) is 11.4. The zero-order valence-electron chi connectivity index (χ0n) is 7.11. The molecule has 0 saturated heterocycles. The number of aromatic nitrogens is 3. The van der Waals surface area contributed by atoms with Gasteiger partial charge in [0.1, 0.15) is 0 Å². The molecule has 2 aromatic rings. The van der Waals surface area contributed by atoms with E-state index in [0.29, 0.717) is 0 Å². The molecule has 1 heterocycles. The number of rotatable bonds is 1. The maximum absolute atomic E-state index is 4.14. The summed E-state index contributed by atoms with van der Waals surface area (Å²) in [6.07, 6.45) is 3.17. The first kappa shape index (κ1) is 11.8. The fourth-order valence-electron chi connectivity index (χ4n) is 1.06. The number of hydrogen-bond acceptors (Lipinski definition) is 2. The van der Waals surface area contributed by atoms with Gasteiger partial charge in [0, 0.05) is 3.57 Å². The van der Waals surface area contributed by atoms with E-state index >= 15 is 0 Å². The third kappa shape index (κ3) is 2.59. The molecule has 0 aliphatic rings. The lowest BCUT2D eigenvalue weighted by Crippen LogP contribution is -3.00. The standard InChI is InChI=1S/C9H6IN3.HI/c10-8-4-2-1-3-7(8)9-12-5-11-6-13-9;/h1-6H;1H. The molecule has 5 heteroatoms. The van der Waals surface area contributed by atoms with Gasteiger partial charge in [-0.05, 0) is 34.7 Å². The SMILES string of the molecule is Ic1ccccc1-c1ncnc[nH+]1.[I-]. The van der Waals surface area contributed by atoms with Crippen molar-refractivity contribution in [2.75, 3.05) is 0 Å². The third-order valence-corrected chi connectivity index (χ3v) is 2.60. The van der Waals surface area contributed by atoms with Crippen molar-refractivity contribution >= 4 is 22.6 Å². The first-order valence-corrected chi connectivity index (χ1v) is 4.88. The number of H-pyrrole nitrogens is 1. The lowest BCUT2D eigenvalue weighted by molar-refractivity contribution is -0.374. The molecule has 0 spiro atoms. The van der Waals surface area contributed by atoms with Crippen LogP contribution in [0, 0.1) is 3.57 Å². The average molecular weight is 411 g/mol. The Bertz CT molecular complexity index is 406. The molecular weight excluding hydrogens is 404 g/mol. The minimum absolute atomic E-state index is 0. The van der Waals surface area contributed by atoms with Crippen LogP contribution < -0.4 is 29.0 Å². The summed E-state index contributed by atoms with van der Waals surface area (Å²) in [5.41, 5.74) is 1.10. The van der Waals surface area contributed by atoms with Crippen molar-refractivity contribution in [3.8, 4) is 11.4 Å². The fraction of sp³-hybridized carbons (Fsp3) is 0. The molecule has 2 rings (SSSR count). The van der Waals surface area contributed by atoms with Gasteiger partial charge in [-0.3, -0.25) is 0 Å². The van der Waals surface area contributed by atoms with E-state index in [-0.39, 0.29) is 24.0 Å². The van der Waals surface area contributed by atoms with Crippen molar-refractivity contribution in [2.45, 2.75) is 0 Å². The molecule has 1 N–H and O–H groups in total. The summed E-state index contributed by atoms with van der Waals surface area (Å²) < 4.78 is 1.18. The highest BCUT2D eigenvalue weighted by Crippen LogP contribution is 2.18. The molecule has 1 aromatic heterocycles. The molecule has 0 fully saturated rings. The van der Waals surface area contributed by atoms with Gasteiger partial charge in [0.25, 0.3) is 12.2 Å². The minimum Gasteiger partial charge on any atom is -1.00 e. The van der Waals surface area contributed by atoms with Crippen molar-refractivity contribution in [3.05, 3.63) is 40.5 Å². The molecular formula is C9H7I2N3. The topological polar surface area (TPSA) is 39.9 Å². The van der Waals surface area contributed by atoms with Crippen LogP contribution in [0.3, 0.4) is 0 Å². The molecule has 14 heavy (non-hydrogen) atoms. The second-order valence-electron chi connectivity index (χ2n) is 2.50. The predicted molar refractivity (Wildman–Crippen MR) is 56.7 cm³/mol. The van der Waals surface area contributed by atoms with Gasteiger partial charge in [0.2, 0.25) is 6.33 Å². The van der Waals surface area contributed by atoms with Crippen LogP contribution in [0.2, 0.25) is 0 Å². The van der Waals surface area contributed by atoms with Crippen molar-refractivity contribution in [3.63, 3.8) is 0 Å². The smallest absolute Gasteiger partial charge is 0.271 e. The van der Waals surface area contributed by atoms with Gasteiger partial charge in [-0.2, -0.15) is 0 Å². The van der Waals surface area contributed by atoms with Gasteiger partial charge in [0.15, 0.2) is 0 Å². The molecule has 0 aliphatic heterocycles. The minimum atomic E-state index is 0. The van der Waals surface area contributed by atoms with Gasteiger partial charge < -0.3 is 24.0 Å². The molecule has 0 bridgehead atoms. The first-order valence-electron chi connectivity index (χ1n) is 3.80. The highest BCUT2D eigenvalue weighted by atomic mass is 127. The predicted octanol–water partition coefficient (Wildman–Crippen LogP) is -1.43. The second kappa shape index (κ2) is 5.54. The monoisotopic (exact) mass is 411 g/mol. The summed E-state index contributed by atoms with van der Waals surface area (Å²) in [4.78, 5) is 11.0. The number of halogens is 2. The Morgan fingerprint density at radius 3 is 2.64 bits per heavy atom. The Morgan fingerprint density at radius 1 is 1.21 bits per heavy atom. The molecule has 0 saturated carbocycles. The van der Waals surface area contributed by atoms with Crippen molar-refractivity contribution < 1.29 is 29.0 Å². The van der Waals surface area contributed by atoms with Crippen molar-refractivity contribution in [1.29, 1.82) is 0 Å². The summed E-state index contributed by atoms with van der Waals surface area (Å²) in [5, 5.41) is 0. The highest BCUT2D eigenvalue weighted by Gasteiger charge is 2.07. The fourth-order valence-corrected chi connectivity index (χ4v) is 1.70. The summed E-state index contributed by atoms with van der Waals surface area (Å²) in [6, 6.07) is 8.08. The van der Waals surface area contributed by atoms with E-state index in [1.54, 1.807) is 6.33 Å². The lowest BCUT2D eigenvalue weighted by atomic mass is 10.2. The molecule has 72 valence electrons. The largest absolute Gasteiger partial charge is 1.00 e. The van der Waals surface area contributed by atoms with Crippen molar-refractivity contribution in [1.82, 2.24) is 9.97 Å². The number of nitrogens with one attached hydrogen (secondary N) is 1. The van der Waals surface area contributed by atoms with E-state index in [1.807, 2.05) is 24.3 Å². The van der Waals surface area contributed by atoms with Crippen molar-refractivity contribution in [2.24, 2.45) is 0 Å². The van der Waals surface area contributed by atoms with Gasteiger partial charge >= 0.3 is 0 Å². The first-order chi connectivity index (χ1) is 6.38. The molecule has 0 aliphatic carbocycles. The van der Waals surface area contributed by atoms with E-state index in [1.165, 1.54) is 9.90 Å². The summed E-state index contributed by atoms with van der Waals surface area (Å²) >= 11 is 2.28. The molecule has 3 nitrogen and oxygen atoms in total.